The topological polar surface area (TPSA) is 34.1 Å². The van der Waals surface area contributed by atoms with Gasteiger partial charge < -0.3 is 10.1 Å². The van der Waals surface area contributed by atoms with E-state index < -0.39 is 0 Å². The van der Waals surface area contributed by atoms with Crippen molar-refractivity contribution in [1.29, 1.82) is 0 Å². The number of nitrogens with one attached hydrogen (secondary N) is 1. The molecule has 1 unspecified atom stereocenters. The molecule has 0 saturated heterocycles. The Hall–Kier alpha value is -0.840. The van der Waals surface area contributed by atoms with E-state index in [1.165, 1.54) is 0 Å². The molecule has 0 aliphatic heterocycles. The molecule has 3 nitrogen and oxygen atoms in total. The van der Waals surface area contributed by atoms with Crippen LogP contribution in [0.3, 0.4) is 0 Å². The Morgan fingerprint density at radius 1 is 1.42 bits per heavy atom. The summed E-state index contributed by atoms with van der Waals surface area (Å²) in [4.78, 5) is 4.58. The van der Waals surface area contributed by atoms with Crippen LogP contribution >= 0.6 is 22.9 Å². The van der Waals surface area contributed by atoms with Crippen LogP contribution in [0, 0.1) is 5.92 Å². The molecule has 1 heterocycles. The van der Waals surface area contributed by atoms with Gasteiger partial charge in [0.1, 0.15) is 0 Å². The fourth-order valence-corrected chi connectivity index (χ4v) is 2.97. The zero-order valence-electron chi connectivity index (χ0n) is 11.4. The highest BCUT2D eigenvalue weighted by Crippen LogP contribution is 2.29. The van der Waals surface area contributed by atoms with Crippen molar-refractivity contribution >= 4 is 38.3 Å². The van der Waals surface area contributed by atoms with E-state index in [9.17, 15) is 0 Å². The van der Waals surface area contributed by atoms with Crippen LogP contribution in [-0.2, 0) is 4.74 Å². The number of rotatable bonds is 6. The normalized spacial score (nSPS) is 13.1. The van der Waals surface area contributed by atoms with Gasteiger partial charge in [-0.25, -0.2) is 4.98 Å². The molecule has 5 heteroatoms. The van der Waals surface area contributed by atoms with Crippen molar-refractivity contribution in [3.8, 4) is 0 Å². The monoisotopic (exact) mass is 298 g/mol. The van der Waals surface area contributed by atoms with Crippen LogP contribution in [0.15, 0.2) is 18.2 Å². The van der Waals surface area contributed by atoms with Crippen LogP contribution in [0.4, 0.5) is 5.13 Å². The standard InChI is InChI=1S/C14H19ClN2OS/c1-4-18-8-12(9(2)3)17-14-16-11-6-5-10(15)7-13(11)19-14/h5-7,9,12H,4,8H2,1-3H3,(H,16,17). The third kappa shape index (κ3) is 3.81. The number of nitrogens with zero attached hydrogens (tertiary/aromatic N) is 1. The van der Waals surface area contributed by atoms with Crippen molar-refractivity contribution in [2.45, 2.75) is 26.8 Å². The van der Waals surface area contributed by atoms with Gasteiger partial charge in [-0.15, -0.1) is 0 Å². The lowest BCUT2D eigenvalue weighted by Gasteiger charge is -2.21. The van der Waals surface area contributed by atoms with Gasteiger partial charge in [-0.2, -0.15) is 0 Å². The van der Waals surface area contributed by atoms with Crippen molar-refractivity contribution in [2.24, 2.45) is 5.92 Å². The van der Waals surface area contributed by atoms with Gasteiger partial charge in [0.05, 0.1) is 22.9 Å². The first-order valence-corrected chi connectivity index (χ1v) is 7.70. The van der Waals surface area contributed by atoms with Crippen LogP contribution in [0.1, 0.15) is 20.8 Å². The number of benzene rings is 1. The minimum absolute atomic E-state index is 0.274. The van der Waals surface area contributed by atoms with Crippen molar-refractivity contribution in [3.05, 3.63) is 23.2 Å². The van der Waals surface area contributed by atoms with E-state index in [-0.39, 0.29) is 6.04 Å². The molecular formula is C14H19ClN2OS. The van der Waals surface area contributed by atoms with E-state index in [0.29, 0.717) is 12.5 Å². The molecule has 104 valence electrons. The number of halogens is 1. The predicted molar refractivity (Wildman–Crippen MR) is 83.4 cm³/mol. The van der Waals surface area contributed by atoms with E-state index in [1.807, 2.05) is 25.1 Å². The Bertz CT molecular complexity index is 541. The van der Waals surface area contributed by atoms with Gasteiger partial charge >= 0.3 is 0 Å². The Labute approximate surface area is 122 Å². The summed E-state index contributed by atoms with van der Waals surface area (Å²) in [5.74, 6) is 0.488. The molecule has 0 bridgehead atoms. The largest absolute Gasteiger partial charge is 0.380 e. The average Bonchev–Trinajstić information content (AvgIpc) is 2.75. The Balaban J connectivity index is 2.14. The highest BCUT2D eigenvalue weighted by molar-refractivity contribution is 7.22. The van der Waals surface area contributed by atoms with E-state index >= 15 is 0 Å². The fourth-order valence-electron chi connectivity index (χ4n) is 1.76. The molecule has 1 aromatic heterocycles. The summed E-state index contributed by atoms with van der Waals surface area (Å²) in [5.41, 5.74) is 0.982. The van der Waals surface area contributed by atoms with Gasteiger partial charge in [0.25, 0.3) is 0 Å². The molecule has 0 radical (unpaired) electrons. The first-order chi connectivity index (χ1) is 9.10. The molecule has 0 saturated carbocycles. The van der Waals surface area contributed by atoms with Gasteiger partial charge in [-0.1, -0.05) is 36.8 Å². The summed E-state index contributed by atoms with van der Waals surface area (Å²) in [6, 6.07) is 6.04. The zero-order valence-corrected chi connectivity index (χ0v) is 13.0. The highest BCUT2D eigenvalue weighted by atomic mass is 35.5. The summed E-state index contributed by atoms with van der Waals surface area (Å²) in [5, 5.41) is 5.14. The van der Waals surface area contributed by atoms with Gasteiger partial charge in [-0.3, -0.25) is 0 Å². The number of anilines is 1. The summed E-state index contributed by atoms with van der Waals surface area (Å²) in [6.45, 7) is 7.81. The van der Waals surface area contributed by atoms with Crippen LogP contribution in [0.2, 0.25) is 5.02 Å². The molecule has 1 aromatic carbocycles. The maximum Gasteiger partial charge on any atom is 0.184 e. The second kappa shape index (κ2) is 6.55. The molecule has 19 heavy (non-hydrogen) atoms. The summed E-state index contributed by atoms with van der Waals surface area (Å²) < 4.78 is 6.62. The van der Waals surface area contributed by atoms with Gasteiger partial charge in [0.2, 0.25) is 0 Å². The van der Waals surface area contributed by atoms with Crippen molar-refractivity contribution in [3.63, 3.8) is 0 Å². The van der Waals surface area contributed by atoms with E-state index in [2.05, 4.69) is 24.1 Å². The first-order valence-electron chi connectivity index (χ1n) is 6.50. The lowest BCUT2D eigenvalue weighted by Crippen LogP contribution is -2.30. The lowest BCUT2D eigenvalue weighted by atomic mass is 10.1. The maximum atomic E-state index is 5.99. The van der Waals surface area contributed by atoms with Gasteiger partial charge in [-0.05, 0) is 31.0 Å². The second-order valence-corrected chi connectivity index (χ2v) is 6.25. The molecule has 1 atom stereocenters. The average molecular weight is 299 g/mol. The van der Waals surface area contributed by atoms with Crippen LogP contribution in [0.5, 0.6) is 0 Å². The second-order valence-electron chi connectivity index (χ2n) is 4.79. The Morgan fingerprint density at radius 2 is 2.21 bits per heavy atom. The fraction of sp³-hybridized carbons (Fsp3) is 0.500. The molecule has 0 aliphatic carbocycles. The number of hydrogen-bond donors (Lipinski definition) is 1. The molecule has 0 spiro atoms. The molecule has 2 rings (SSSR count). The minimum atomic E-state index is 0.274. The van der Waals surface area contributed by atoms with Gasteiger partial charge in [0.15, 0.2) is 5.13 Å². The van der Waals surface area contributed by atoms with Crippen molar-refractivity contribution in [2.75, 3.05) is 18.5 Å². The lowest BCUT2D eigenvalue weighted by molar-refractivity contribution is 0.127. The van der Waals surface area contributed by atoms with Crippen molar-refractivity contribution in [1.82, 2.24) is 4.98 Å². The zero-order chi connectivity index (χ0) is 13.8. The van der Waals surface area contributed by atoms with Crippen molar-refractivity contribution < 1.29 is 4.74 Å². The number of fused-ring (bicyclic) bond motifs is 1. The molecule has 0 aliphatic rings. The minimum Gasteiger partial charge on any atom is -0.380 e. The van der Waals surface area contributed by atoms with E-state index in [1.54, 1.807) is 11.3 Å². The van der Waals surface area contributed by atoms with Crippen LogP contribution in [0.25, 0.3) is 10.2 Å². The maximum absolute atomic E-state index is 5.99. The molecular weight excluding hydrogens is 280 g/mol. The third-order valence-electron chi connectivity index (χ3n) is 2.97. The van der Waals surface area contributed by atoms with Crippen LogP contribution < -0.4 is 5.32 Å². The summed E-state index contributed by atoms with van der Waals surface area (Å²) >= 11 is 7.62. The SMILES string of the molecule is CCOCC(Nc1nc2ccc(Cl)cc2s1)C(C)C. The summed E-state index contributed by atoms with van der Waals surface area (Å²) in [6.07, 6.45) is 0. The van der Waals surface area contributed by atoms with E-state index in [0.717, 1.165) is 27.0 Å². The number of ether oxygens (including phenoxy) is 1. The quantitative estimate of drug-likeness (QED) is 0.857. The Kier molecular flexibility index (Phi) is 5.02. The third-order valence-corrected chi connectivity index (χ3v) is 4.15. The number of aromatic nitrogens is 1. The predicted octanol–water partition coefficient (Wildman–Crippen LogP) is 4.42. The van der Waals surface area contributed by atoms with Crippen LogP contribution in [-0.4, -0.2) is 24.2 Å². The molecule has 0 amide bonds. The molecule has 0 fully saturated rings. The number of hydrogen-bond acceptors (Lipinski definition) is 4. The van der Waals surface area contributed by atoms with Gasteiger partial charge in [0, 0.05) is 11.6 Å². The molecule has 1 N–H and O–H groups in total. The summed E-state index contributed by atoms with van der Waals surface area (Å²) in [7, 11) is 0. The van der Waals surface area contributed by atoms with E-state index in [4.69, 9.17) is 16.3 Å². The first kappa shape index (κ1) is 14.6. The number of thiazole rings is 1. The smallest absolute Gasteiger partial charge is 0.184 e. The Morgan fingerprint density at radius 3 is 2.89 bits per heavy atom. The molecule has 2 aromatic rings. The highest BCUT2D eigenvalue weighted by Gasteiger charge is 2.15.